The van der Waals surface area contributed by atoms with Crippen molar-refractivity contribution in [3.8, 4) is 5.75 Å². The van der Waals surface area contributed by atoms with E-state index in [0.717, 1.165) is 11.1 Å². The van der Waals surface area contributed by atoms with Gasteiger partial charge in [-0.15, -0.1) is 0 Å². The van der Waals surface area contributed by atoms with Gasteiger partial charge in [-0.05, 0) is 31.0 Å². The van der Waals surface area contributed by atoms with Crippen LogP contribution in [-0.2, 0) is 0 Å². The van der Waals surface area contributed by atoms with Crippen LogP contribution in [0.25, 0.3) is 0 Å². The Morgan fingerprint density at radius 3 is 2.42 bits per heavy atom. The van der Waals surface area contributed by atoms with Crippen LogP contribution in [0, 0.1) is 13.8 Å². The summed E-state index contributed by atoms with van der Waals surface area (Å²) >= 11 is 0. The number of carbonyl (C=O) groups is 1. The van der Waals surface area contributed by atoms with Crippen molar-refractivity contribution in [1.82, 2.24) is 0 Å². The first-order valence-electron chi connectivity index (χ1n) is 3.40. The summed E-state index contributed by atoms with van der Waals surface area (Å²) < 4.78 is 0. The number of benzene rings is 1. The van der Waals surface area contributed by atoms with E-state index in [1.807, 2.05) is 13.0 Å². The van der Waals surface area contributed by atoms with E-state index in [4.69, 9.17) is 0 Å². The van der Waals surface area contributed by atoms with E-state index in [9.17, 15) is 9.90 Å². The van der Waals surface area contributed by atoms with Crippen molar-refractivity contribution >= 4 is 33.6 Å². The fourth-order valence-electron chi connectivity index (χ4n) is 1.08. The molecule has 0 aliphatic rings. The van der Waals surface area contributed by atoms with E-state index in [0.29, 0.717) is 11.8 Å². The predicted molar refractivity (Wildman–Crippen MR) is 51.5 cm³/mol. The summed E-state index contributed by atoms with van der Waals surface area (Å²) in [5, 5.41) is 9.29. The Labute approximate surface area is 91.8 Å². The molecule has 1 N–H and O–H groups in total. The summed E-state index contributed by atoms with van der Waals surface area (Å²) in [6, 6.07) is 3.50. The number of aldehydes is 1. The normalized spacial score (nSPS) is 8.83. The fourth-order valence-corrected chi connectivity index (χ4v) is 1.08. The van der Waals surface area contributed by atoms with Crippen molar-refractivity contribution < 1.29 is 9.90 Å². The molecule has 0 bridgehead atoms. The molecule has 0 saturated carbocycles. The molecule has 0 spiro atoms. The zero-order valence-corrected chi connectivity index (χ0v) is 12.8. The standard InChI is InChI=1S/C9H10O2.Pb.2H/c1-6-3-7(2)9(11)8(4-6)5-10;;;/h3-5,11H,1-2H3;;;. The number of carbonyl (C=O) groups excluding carboxylic acids is 1. The van der Waals surface area contributed by atoms with Gasteiger partial charge in [0.2, 0.25) is 0 Å². The molecule has 1 rings (SSSR count). The molecular weight excluding hydrogens is 347 g/mol. The SMILES string of the molecule is Cc1cc(C)c(O)c(C=O)c1.[PbH2]. The monoisotopic (exact) mass is 360 g/mol. The van der Waals surface area contributed by atoms with Crippen molar-refractivity contribution in [3.63, 3.8) is 0 Å². The molecule has 0 aromatic heterocycles. The minimum atomic E-state index is 0. The van der Waals surface area contributed by atoms with Gasteiger partial charge in [0.05, 0.1) is 5.56 Å². The van der Waals surface area contributed by atoms with Crippen LogP contribution in [0.5, 0.6) is 5.75 Å². The van der Waals surface area contributed by atoms with Crippen LogP contribution in [0.2, 0.25) is 0 Å². The van der Waals surface area contributed by atoms with Crippen LogP contribution in [0.1, 0.15) is 21.5 Å². The molecule has 0 unspecified atom stereocenters. The number of aromatic hydroxyl groups is 1. The Hall–Kier alpha value is -0.388. The van der Waals surface area contributed by atoms with Crippen molar-refractivity contribution in [3.05, 3.63) is 28.8 Å². The molecule has 12 heavy (non-hydrogen) atoms. The van der Waals surface area contributed by atoms with Crippen LogP contribution in [0.15, 0.2) is 12.1 Å². The molecule has 0 aliphatic carbocycles. The summed E-state index contributed by atoms with van der Waals surface area (Å²) in [4.78, 5) is 10.4. The van der Waals surface area contributed by atoms with E-state index >= 15 is 0 Å². The van der Waals surface area contributed by atoms with E-state index in [1.54, 1.807) is 13.0 Å². The van der Waals surface area contributed by atoms with Crippen LogP contribution >= 0.6 is 0 Å². The quantitative estimate of drug-likeness (QED) is 0.598. The Kier molecular flexibility index (Phi) is 4.44. The summed E-state index contributed by atoms with van der Waals surface area (Å²) in [6.45, 7) is 3.66. The molecule has 64 valence electrons. The summed E-state index contributed by atoms with van der Waals surface area (Å²) in [5.41, 5.74) is 2.09. The third kappa shape index (κ3) is 2.30. The van der Waals surface area contributed by atoms with Gasteiger partial charge in [-0.1, -0.05) is 6.07 Å². The second-order valence-electron chi connectivity index (χ2n) is 2.64. The van der Waals surface area contributed by atoms with E-state index in [1.165, 1.54) is 0 Å². The molecule has 1 aromatic rings. The topological polar surface area (TPSA) is 37.3 Å². The molecule has 2 radical (unpaired) electrons. The maximum absolute atomic E-state index is 10.4. The molecule has 0 atom stereocenters. The van der Waals surface area contributed by atoms with Gasteiger partial charge in [0.15, 0.2) is 6.29 Å². The zero-order valence-electron chi connectivity index (χ0n) is 7.29. The number of hydrogen-bond acceptors (Lipinski definition) is 2. The summed E-state index contributed by atoms with van der Waals surface area (Å²) in [5.74, 6) is 0.0885. The second kappa shape index (κ2) is 4.59. The molecule has 0 saturated heterocycles. The van der Waals surface area contributed by atoms with E-state index < -0.39 is 0 Å². The van der Waals surface area contributed by atoms with Gasteiger partial charge in [-0.3, -0.25) is 4.79 Å². The molecule has 2 nitrogen and oxygen atoms in total. The summed E-state index contributed by atoms with van der Waals surface area (Å²) in [6.07, 6.45) is 0.662. The van der Waals surface area contributed by atoms with Gasteiger partial charge < -0.3 is 5.11 Å². The third-order valence-electron chi connectivity index (χ3n) is 1.60. The molecule has 0 amide bonds. The zero-order chi connectivity index (χ0) is 8.43. The van der Waals surface area contributed by atoms with Crippen LogP contribution < -0.4 is 0 Å². The Balaban J connectivity index is 0.00000121. The van der Waals surface area contributed by atoms with Gasteiger partial charge in [-0.25, -0.2) is 0 Å². The van der Waals surface area contributed by atoms with Gasteiger partial charge in [0.25, 0.3) is 0 Å². The number of rotatable bonds is 1. The molecular formula is C9H12O2Pb. The molecule has 0 aliphatic heterocycles. The Morgan fingerprint density at radius 1 is 1.33 bits per heavy atom. The van der Waals surface area contributed by atoms with Crippen LogP contribution in [0.4, 0.5) is 0 Å². The molecule has 0 fully saturated rings. The first-order chi connectivity index (χ1) is 5.15. The first kappa shape index (κ1) is 11.6. The van der Waals surface area contributed by atoms with Crippen LogP contribution in [-0.4, -0.2) is 38.7 Å². The average molecular weight is 359 g/mol. The number of phenols is 1. The van der Waals surface area contributed by atoms with Crippen molar-refractivity contribution in [2.75, 3.05) is 0 Å². The Morgan fingerprint density at radius 2 is 1.92 bits per heavy atom. The maximum atomic E-state index is 10.4. The van der Waals surface area contributed by atoms with Crippen molar-refractivity contribution in [2.24, 2.45) is 0 Å². The minimum absolute atomic E-state index is 0. The molecule has 0 heterocycles. The van der Waals surface area contributed by atoms with Gasteiger partial charge in [0.1, 0.15) is 5.75 Å². The van der Waals surface area contributed by atoms with E-state index in [-0.39, 0.29) is 33.0 Å². The predicted octanol–water partition coefficient (Wildman–Crippen LogP) is 0.905. The van der Waals surface area contributed by atoms with Crippen molar-refractivity contribution in [2.45, 2.75) is 13.8 Å². The van der Waals surface area contributed by atoms with Crippen LogP contribution in [0.3, 0.4) is 0 Å². The summed E-state index contributed by atoms with van der Waals surface area (Å²) in [7, 11) is 0. The van der Waals surface area contributed by atoms with Gasteiger partial charge in [-0.2, -0.15) is 0 Å². The second-order valence-corrected chi connectivity index (χ2v) is 2.64. The van der Waals surface area contributed by atoms with Gasteiger partial charge >= 0.3 is 27.3 Å². The number of aryl methyl sites for hydroxylation is 2. The fraction of sp³-hybridized carbons (Fsp3) is 0.222. The average Bonchev–Trinajstić information content (AvgIpc) is 1.96. The molecule has 1 aromatic carbocycles. The van der Waals surface area contributed by atoms with Gasteiger partial charge in [0, 0.05) is 0 Å². The number of phenolic OH excluding ortho intramolecular Hbond substituents is 1. The first-order valence-corrected chi connectivity index (χ1v) is 3.40. The third-order valence-corrected chi connectivity index (χ3v) is 1.60. The van der Waals surface area contributed by atoms with E-state index in [2.05, 4.69) is 0 Å². The molecule has 3 heteroatoms. The number of hydrogen-bond donors (Lipinski definition) is 1. The van der Waals surface area contributed by atoms with Crippen molar-refractivity contribution in [1.29, 1.82) is 0 Å². The Bertz CT molecular complexity index is 295.